The van der Waals surface area contributed by atoms with Gasteiger partial charge < -0.3 is 0 Å². The van der Waals surface area contributed by atoms with Crippen molar-refractivity contribution in [3.8, 4) is 11.3 Å². The van der Waals surface area contributed by atoms with Crippen molar-refractivity contribution in [3.05, 3.63) is 46.1 Å². The van der Waals surface area contributed by atoms with E-state index in [1.165, 1.54) is 0 Å². The van der Waals surface area contributed by atoms with E-state index in [2.05, 4.69) is 17.6 Å². The average molecular weight is 324 g/mol. The molecule has 0 aliphatic heterocycles. The second-order valence-electron chi connectivity index (χ2n) is 3.72. The molecule has 0 aliphatic carbocycles. The zero-order valence-electron chi connectivity index (χ0n) is 9.17. The van der Waals surface area contributed by atoms with Gasteiger partial charge in [0.1, 0.15) is 0 Å². The molecule has 19 heavy (non-hydrogen) atoms. The number of pyridine rings is 1. The second-order valence-corrected chi connectivity index (χ2v) is 5.01. The van der Waals surface area contributed by atoms with Gasteiger partial charge in [-0.05, 0) is 18.2 Å². The Morgan fingerprint density at radius 1 is 1.05 bits per heavy atom. The van der Waals surface area contributed by atoms with Crippen molar-refractivity contribution in [1.82, 2.24) is 4.98 Å². The average Bonchev–Trinajstić information content (AvgIpc) is 2.31. The summed E-state index contributed by atoms with van der Waals surface area (Å²) >= 11 is 15.8. The summed E-state index contributed by atoms with van der Waals surface area (Å²) in [4.78, 5) is 4.25. The molecule has 2 rings (SSSR count). The summed E-state index contributed by atoms with van der Waals surface area (Å²) in [5.74, 6) is 0. The van der Waals surface area contributed by atoms with Gasteiger partial charge in [-0.25, -0.2) is 0 Å². The van der Waals surface area contributed by atoms with E-state index in [0.29, 0.717) is 15.5 Å². The van der Waals surface area contributed by atoms with E-state index in [1.807, 2.05) is 0 Å². The first-order valence-electron chi connectivity index (χ1n) is 5.00. The zero-order chi connectivity index (χ0) is 14.2. The van der Waals surface area contributed by atoms with E-state index in [9.17, 15) is 13.2 Å². The van der Waals surface area contributed by atoms with E-state index >= 15 is 0 Å². The third-order valence-corrected chi connectivity index (χ3v) is 3.51. The SMILES string of the molecule is FC(F)(F)c1cnc(-c2ccc(Cl)c(S)c2)c(Cl)c1. The lowest BCUT2D eigenvalue weighted by molar-refractivity contribution is -0.137. The Kier molecular flexibility index (Phi) is 3.99. The fraction of sp³-hybridized carbons (Fsp3) is 0.0833. The molecule has 7 heteroatoms. The molecule has 1 heterocycles. The number of alkyl halides is 3. The van der Waals surface area contributed by atoms with Gasteiger partial charge in [0, 0.05) is 16.7 Å². The lowest BCUT2D eigenvalue weighted by Gasteiger charge is -2.09. The molecule has 0 atom stereocenters. The zero-order valence-corrected chi connectivity index (χ0v) is 11.6. The molecular formula is C12H6Cl2F3NS. The first kappa shape index (κ1) is 14.5. The largest absolute Gasteiger partial charge is 0.417 e. The number of hydrogen-bond acceptors (Lipinski definition) is 2. The maximum atomic E-state index is 12.5. The summed E-state index contributed by atoms with van der Waals surface area (Å²) in [6.07, 6.45) is -3.72. The fourth-order valence-corrected chi connectivity index (χ4v) is 2.07. The lowest BCUT2D eigenvalue weighted by Crippen LogP contribution is -2.05. The summed E-state index contributed by atoms with van der Waals surface area (Å²) in [7, 11) is 0. The van der Waals surface area contributed by atoms with Crippen molar-refractivity contribution in [2.75, 3.05) is 0 Å². The van der Waals surface area contributed by atoms with Crippen LogP contribution in [0.4, 0.5) is 13.2 Å². The summed E-state index contributed by atoms with van der Waals surface area (Å²) in [5.41, 5.74) is -0.0870. The molecule has 0 saturated heterocycles. The van der Waals surface area contributed by atoms with E-state index in [0.717, 1.165) is 12.3 Å². The highest BCUT2D eigenvalue weighted by atomic mass is 35.5. The Morgan fingerprint density at radius 2 is 1.74 bits per heavy atom. The van der Waals surface area contributed by atoms with Crippen molar-refractivity contribution >= 4 is 35.8 Å². The quantitative estimate of drug-likeness (QED) is 0.697. The van der Waals surface area contributed by atoms with Crippen LogP contribution in [0.5, 0.6) is 0 Å². The number of benzene rings is 1. The first-order chi connectivity index (χ1) is 8.79. The van der Waals surface area contributed by atoms with Crippen LogP contribution < -0.4 is 0 Å². The smallest absolute Gasteiger partial charge is 0.254 e. The predicted octanol–water partition coefficient (Wildman–Crippen LogP) is 5.36. The highest BCUT2D eigenvalue weighted by Gasteiger charge is 2.31. The molecule has 0 saturated carbocycles. The van der Waals surface area contributed by atoms with Gasteiger partial charge in [-0.3, -0.25) is 4.98 Å². The molecule has 0 radical (unpaired) electrons. The molecule has 0 fully saturated rings. The van der Waals surface area contributed by atoms with Gasteiger partial charge in [-0.2, -0.15) is 13.2 Å². The summed E-state index contributed by atoms with van der Waals surface area (Å²) in [6.45, 7) is 0. The van der Waals surface area contributed by atoms with Crippen LogP contribution in [0.15, 0.2) is 35.4 Å². The Hall–Kier alpha value is -0.910. The highest BCUT2D eigenvalue weighted by Crippen LogP contribution is 2.35. The number of aromatic nitrogens is 1. The topological polar surface area (TPSA) is 12.9 Å². The Morgan fingerprint density at radius 3 is 2.26 bits per heavy atom. The first-order valence-corrected chi connectivity index (χ1v) is 6.21. The van der Waals surface area contributed by atoms with Gasteiger partial charge in [0.05, 0.1) is 21.3 Å². The minimum Gasteiger partial charge on any atom is -0.254 e. The van der Waals surface area contributed by atoms with Crippen molar-refractivity contribution in [1.29, 1.82) is 0 Å². The van der Waals surface area contributed by atoms with Crippen LogP contribution in [0.25, 0.3) is 11.3 Å². The van der Waals surface area contributed by atoms with Crippen LogP contribution in [-0.4, -0.2) is 4.98 Å². The van der Waals surface area contributed by atoms with Gasteiger partial charge in [0.15, 0.2) is 0 Å². The van der Waals surface area contributed by atoms with Crippen LogP contribution in [0.1, 0.15) is 5.56 Å². The molecular weight excluding hydrogens is 318 g/mol. The van der Waals surface area contributed by atoms with Gasteiger partial charge in [0.2, 0.25) is 0 Å². The molecule has 0 aliphatic rings. The molecule has 2 aromatic rings. The van der Waals surface area contributed by atoms with E-state index in [1.54, 1.807) is 18.2 Å². The van der Waals surface area contributed by atoms with Crippen molar-refractivity contribution in [3.63, 3.8) is 0 Å². The van der Waals surface area contributed by atoms with Gasteiger partial charge in [-0.15, -0.1) is 12.6 Å². The van der Waals surface area contributed by atoms with Crippen LogP contribution in [-0.2, 0) is 6.18 Å². The molecule has 100 valence electrons. The Labute approximate surface area is 122 Å². The molecule has 1 nitrogen and oxygen atoms in total. The number of halogens is 5. The van der Waals surface area contributed by atoms with E-state index in [4.69, 9.17) is 23.2 Å². The van der Waals surface area contributed by atoms with Crippen LogP contribution >= 0.6 is 35.8 Å². The van der Waals surface area contributed by atoms with Crippen LogP contribution in [0.3, 0.4) is 0 Å². The standard InChI is InChI=1S/C12H6Cl2F3NS/c13-8-2-1-6(3-10(8)19)11-9(14)4-7(5-18-11)12(15,16)17/h1-5,19H. The molecule has 1 aromatic carbocycles. The van der Waals surface area contributed by atoms with Gasteiger partial charge in [-0.1, -0.05) is 29.3 Å². The van der Waals surface area contributed by atoms with Gasteiger partial charge in [0.25, 0.3) is 0 Å². The molecule has 0 amide bonds. The second kappa shape index (κ2) is 5.23. The van der Waals surface area contributed by atoms with Crippen LogP contribution in [0, 0.1) is 0 Å². The Bertz CT molecular complexity index is 629. The molecule has 1 aromatic heterocycles. The van der Waals surface area contributed by atoms with E-state index in [-0.39, 0.29) is 10.7 Å². The third kappa shape index (κ3) is 3.16. The maximum absolute atomic E-state index is 12.5. The Balaban J connectivity index is 2.49. The normalized spacial score (nSPS) is 11.7. The highest BCUT2D eigenvalue weighted by molar-refractivity contribution is 7.80. The maximum Gasteiger partial charge on any atom is 0.417 e. The molecule has 0 unspecified atom stereocenters. The minimum absolute atomic E-state index is 0.0788. The number of thiol groups is 1. The van der Waals surface area contributed by atoms with Gasteiger partial charge >= 0.3 is 6.18 Å². The molecule has 0 N–H and O–H groups in total. The van der Waals surface area contributed by atoms with Crippen LogP contribution in [0.2, 0.25) is 10.0 Å². The van der Waals surface area contributed by atoms with E-state index < -0.39 is 11.7 Å². The minimum atomic E-state index is -4.47. The third-order valence-electron chi connectivity index (χ3n) is 2.39. The number of rotatable bonds is 1. The number of nitrogens with zero attached hydrogens (tertiary/aromatic N) is 1. The monoisotopic (exact) mass is 323 g/mol. The molecule has 0 bridgehead atoms. The lowest BCUT2D eigenvalue weighted by atomic mass is 10.1. The van der Waals surface area contributed by atoms with Crippen molar-refractivity contribution in [2.45, 2.75) is 11.1 Å². The summed E-state index contributed by atoms with van der Waals surface area (Å²) in [6, 6.07) is 5.63. The predicted molar refractivity (Wildman–Crippen MR) is 71.9 cm³/mol. The number of hydrogen-bond donors (Lipinski definition) is 1. The summed E-state index contributed by atoms with van der Waals surface area (Å²) in [5, 5.41) is 0.361. The fourth-order valence-electron chi connectivity index (χ4n) is 1.47. The van der Waals surface area contributed by atoms with Crippen molar-refractivity contribution < 1.29 is 13.2 Å². The summed E-state index contributed by atoms with van der Waals surface area (Å²) < 4.78 is 37.5. The molecule has 0 spiro atoms. The van der Waals surface area contributed by atoms with Crippen molar-refractivity contribution in [2.24, 2.45) is 0 Å².